The maximum Gasteiger partial charge on any atom is 0.238 e. The average molecular weight is 284 g/mol. The topological polar surface area (TPSA) is 72.2 Å². The minimum atomic E-state index is -3.59. The third-order valence-electron chi connectivity index (χ3n) is 3.19. The maximum absolute atomic E-state index is 11.1. The molecular weight excluding hydrogens is 260 g/mol. The summed E-state index contributed by atoms with van der Waals surface area (Å²) in [5.41, 5.74) is 1.07. The lowest BCUT2D eigenvalue weighted by Crippen LogP contribution is -2.20. The SMILES string of the molecule is CCCCCCNC(C)c1ccc(S(N)(=O)=O)cc1. The van der Waals surface area contributed by atoms with Crippen molar-refractivity contribution in [2.45, 2.75) is 50.5 Å². The molecule has 5 heteroatoms. The predicted octanol–water partition coefficient (Wildman–Crippen LogP) is 2.56. The molecular formula is C14H24N2O2S. The third-order valence-corrected chi connectivity index (χ3v) is 4.12. The van der Waals surface area contributed by atoms with Gasteiger partial charge < -0.3 is 5.32 Å². The van der Waals surface area contributed by atoms with Crippen molar-refractivity contribution in [2.75, 3.05) is 6.54 Å². The Morgan fingerprint density at radius 3 is 2.32 bits per heavy atom. The molecule has 1 aromatic rings. The van der Waals surface area contributed by atoms with Crippen molar-refractivity contribution in [2.24, 2.45) is 5.14 Å². The molecule has 0 aliphatic rings. The van der Waals surface area contributed by atoms with Crippen LogP contribution < -0.4 is 10.5 Å². The number of sulfonamides is 1. The standard InChI is InChI=1S/C14H24N2O2S/c1-3-4-5-6-11-16-12(2)13-7-9-14(10-8-13)19(15,17)18/h7-10,12,16H,3-6,11H2,1-2H3,(H2,15,17,18). The van der Waals surface area contributed by atoms with Crippen LogP contribution in [0.3, 0.4) is 0 Å². The zero-order chi connectivity index (χ0) is 14.3. The molecule has 19 heavy (non-hydrogen) atoms. The van der Waals surface area contributed by atoms with Gasteiger partial charge in [-0.15, -0.1) is 0 Å². The van der Waals surface area contributed by atoms with E-state index < -0.39 is 10.0 Å². The molecule has 0 saturated carbocycles. The van der Waals surface area contributed by atoms with Crippen molar-refractivity contribution < 1.29 is 8.42 Å². The summed E-state index contributed by atoms with van der Waals surface area (Å²) in [5.74, 6) is 0. The second-order valence-corrected chi connectivity index (χ2v) is 6.41. The number of benzene rings is 1. The Hall–Kier alpha value is -0.910. The van der Waals surface area contributed by atoms with Gasteiger partial charge in [0.2, 0.25) is 10.0 Å². The second-order valence-electron chi connectivity index (χ2n) is 4.85. The van der Waals surface area contributed by atoms with E-state index in [9.17, 15) is 8.42 Å². The van der Waals surface area contributed by atoms with Gasteiger partial charge in [-0.3, -0.25) is 0 Å². The first-order valence-electron chi connectivity index (χ1n) is 6.81. The van der Waals surface area contributed by atoms with Gasteiger partial charge in [-0.05, 0) is 37.6 Å². The summed E-state index contributed by atoms with van der Waals surface area (Å²) in [6.07, 6.45) is 4.94. The predicted molar refractivity (Wildman–Crippen MR) is 78.4 cm³/mol. The van der Waals surface area contributed by atoms with Gasteiger partial charge in [-0.25, -0.2) is 13.6 Å². The van der Waals surface area contributed by atoms with Gasteiger partial charge in [-0.2, -0.15) is 0 Å². The van der Waals surface area contributed by atoms with Crippen LogP contribution in [-0.2, 0) is 10.0 Å². The smallest absolute Gasteiger partial charge is 0.238 e. The highest BCUT2D eigenvalue weighted by atomic mass is 32.2. The molecule has 0 saturated heterocycles. The Balaban J connectivity index is 2.47. The molecule has 0 aliphatic heterocycles. The normalized spacial score (nSPS) is 13.4. The van der Waals surface area contributed by atoms with Crippen molar-refractivity contribution in [1.29, 1.82) is 0 Å². The minimum absolute atomic E-state index is 0.159. The monoisotopic (exact) mass is 284 g/mol. The molecule has 0 heterocycles. The van der Waals surface area contributed by atoms with Crippen LogP contribution in [0.4, 0.5) is 0 Å². The zero-order valence-corrected chi connectivity index (χ0v) is 12.5. The number of rotatable bonds is 8. The van der Waals surface area contributed by atoms with E-state index in [4.69, 9.17) is 5.14 Å². The summed E-state index contributed by atoms with van der Waals surface area (Å²) < 4.78 is 22.3. The number of unbranched alkanes of at least 4 members (excludes halogenated alkanes) is 3. The van der Waals surface area contributed by atoms with Gasteiger partial charge in [0.15, 0.2) is 0 Å². The van der Waals surface area contributed by atoms with Crippen LogP contribution in [-0.4, -0.2) is 15.0 Å². The summed E-state index contributed by atoms with van der Waals surface area (Å²) in [6, 6.07) is 6.95. The molecule has 0 aromatic heterocycles. The van der Waals surface area contributed by atoms with E-state index in [1.807, 2.05) is 12.1 Å². The molecule has 1 unspecified atom stereocenters. The van der Waals surface area contributed by atoms with E-state index in [2.05, 4.69) is 19.2 Å². The van der Waals surface area contributed by atoms with Crippen LogP contribution in [0, 0.1) is 0 Å². The van der Waals surface area contributed by atoms with E-state index in [1.54, 1.807) is 12.1 Å². The Kier molecular flexibility index (Phi) is 6.48. The molecule has 3 N–H and O–H groups in total. The Bertz CT molecular complexity index is 469. The van der Waals surface area contributed by atoms with Crippen LogP contribution in [0.15, 0.2) is 29.2 Å². The van der Waals surface area contributed by atoms with Gasteiger partial charge in [0.05, 0.1) is 4.90 Å². The summed E-state index contributed by atoms with van der Waals surface area (Å²) in [7, 11) is -3.59. The Labute approximate surface area is 116 Å². The summed E-state index contributed by atoms with van der Waals surface area (Å²) >= 11 is 0. The first kappa shape index (κ1) is 16.1. The quantitative estimate of drug-likeness (QED) is 0.721. The number of hydrogen-bond acceptors (Lipinski definition) is 3. The lowest BCUT2D eigenvalue weighted by Gasteiger charge is -2.14. The van der Waals surface area contributed by atoms with Crippen molar-refractivity contribution >= 4 is 10.0 Å². The van der Waals surface area contributed by atoms with Gasteiger partial charge in [0.1, 0.15) is 0 Å². The fourth-order valence-electron chi connectivity index (χ4n) is 1.93. The van der Waals surface area contributed by atoms with E-state index in [1.165, 1.54) is 25.7 Å². The Morgan fingerprint density at radius 2 is 1.79 bits per heavy atom. The molecule has 4 nitrogen and oxygen atoms in total. The van der Waals surface area contributed by atoms with Gasteiger partial charge in [-0.1, -0.05) is 38.3 Å². The number of nitrogens with two attached hydrogens (primary N) is 1. The first-order chi connectivity index (χ1) is 8.95. The fourth-order valence-corrected chi connectivity index (χ4v) is 2.45. The summed E-state index contributed by atoms with van der Waals surface area (Å²) in [4.78, 5) is 0.159. The molecule has 1 aromatic carbocycles. The largest absolute Gasteiger partial charge is 0.310 e. The van der Waals surface area contributed by atoms with E-state index in [-0.39, 0.29) is 10.9 Å². The van der Waals surface area contributed by atoms with Crippen molar-refractivity contribution in [3.05, 3.63) is 29.8 Å². The van der Waals surface area contributed by atoms with Gasteiger partial charge in [0, 0.05) is 6.04 Å². The average Bonchev–Trinajstić information content (AvgIpc) is 2.37. The lowest BCUT2D eigenvalue weighted by atomic mass is 10.1. The molecule has 0 aliphatic carbocycles. The fraction of sp³-hybridized carbons (Fsp3) is 0.571. The van der Waals surface area contributed by atoms with Crippen LogP contribution in [0.25, 0.3) is 0 Å². The van der Waals surface area contributed by atoms with Crippen LogP contribution in [0.1, 0.15) is 51.1 Å². The number of nitrogens with one attached hydrogen (secondary N) is 1. The van der Waals surface area contributed by atoms with Crippen LogP contribution in [0.5, 0.6) is 0 Å². The number of hydrogen-bond donors (Lipinski definition) is 2. The molecule has 0 radical (unpaired) electrons. The van der Waals surface area contributed by atoms with Crippen LogP contribution in [0.2, 0.25) is 0 Å². The second kappa shape index (κ2) is 7.62. The highest BCUT2D eigenvalue weighted by Crippen LogP contribution is 2.15. The van der Waals surface area contributed by atoms with E-state index >= 15 is 0 Å². The Morgan fingerprint density at radius 1 is 1.16 bits per heavy atom. The molecule has 0 bridgehead atoms. The molecule has 1 rings (SSSR count). The molecule has 0 spiro atoms. The van der Waals surface area contributed by atoms with Crippen molar-refractivity contribution in [3.63, 3.8) is 0 Å². The summed E-state index contributed by atoms with van der Waals surface area (Å²) in [6.45, 7) is 5.26. The van der Waals surface area contributed by atoms with E-state index in [0.717, 1.165) is 12.1 Å². The van der Waals surface area contributed by atoms with Gasteiger partial charge >= 0.3 is 0 Å². The van der Waals surface area contributed by atoms with E-state index in [0.29, 0.717) is 0 Å². The summed E-state index contributed by atoms with van der Waals surface area (Å²) in [5, 5.41) is 8.50. The molecule has 108 valence electrons. The molecule has 0 fully saturated rings. The number of primary sulfonamides is 1. The van der Waals surface area contributed by atoms with Crippen molar-refractivity contribution in [1.82, 2.24) is 5.32 Å². The molecule has 0 amide bonds. The van der Waals surface area contributed by atoms with Gasteiger partial charge in [0.25, 0.3) is 0 Å². The maximum atomic E-state index is 11.1. The highest BCUT2D eigenvalue weighted by Gasteiger charge is 2.09. The third kappa shape index (κ3) is 5.72. The van der Waals surface area contributed by atoms with Crippen molar-refractivity contribution in [3.8, 4) is 0 Å². The highest BCUT2D eigenvalue weighted by molar-refractivity contribution is 7.89. The zero-order valence-electron chi connectivity index (χ0n) is 11.7. The first-order valence-corrected chi connectivity index (χ1v) is 8.36. The molecule has 1 atom stereocenters. The van der Waals surface area contributed by atoms with Crippen LogP contribution >= 0.6 is 0 Å². The minimum Gasteiger partial charge on any atom is -0.310 e. The lowest BCUT2D eigenvalue weighted by molar-refractivity contribution is 0.536.